The number of nitrogens with zero attached hydrogens (tertiary/aromatic N) is 2. The third-order valence-corrected chi connectivity index (χ3v) is 4.83. The van der Waals surface area contributed by atoms with Gasteiger partial charge in [0.05, 0.1) is 6.54 Å². The Kier molecular flexibility index (Phi) is 6.30. The fourth-order valence-electron chi connectivity index (χ4n) is 3.25. The summed E-state index contributed by atoms with van der Waals surface area (Å²) in [6.07, 6.45) is 6.22. The van der Waals surface area contributed by atoms with Gasteiger partial charge in [-0.15, -0.1) is 0 Å². The summed E-state index contributed by atoms with van der Waals surface area (Å²) < 4.78 is 0. The maximum atomic E-state index is 12.4. The summed E-state index contributed by atoms with van der Waals surface area (Å²) in [7, 11) is 0. The number of likely N-dealkylation sites (tertiary alicyclic amines) is 1. The van der Waals surface area contributed by atoms with E-state index in [9.17, 15) is 4.79 Å². The van der Waals surface area contributed by atoms with Crippen LogP contribution in [0.25, 0.3) is 0 Å². The zero-order valence-electron chi connectivity index (χ0n) is 13.2. The fraction of sp³-hybridized carbons (Fsp3) is 0.938. The van der Waals surface area contributed by atoms with Crippen molar-refractivity contribution in [1.82, 2.24) is 15.1 Å². The Morgan fingerprint density at radius 1 is 1.25 bits per heavy atom. The van der Waals surface area contributed by atoms with Crippen molar-refractivity contribution in [3.05, 3.63) is 0 Å². The number of piperidine rings is 2. The number of rotatable bonds is 5. The Balaban J connectivity index is 1.75. The normalized spacial score (nSPS) is 25.1. The van der Waals surface area contributed by atoms with Gasteiger partial charge in [0, 0.05) is 25.7 Å². The molecule has 0 aromatic carbocycles. The number of carbonyl (C=O) groups is 1. The molecule has 0 aromatic heterocycles. The molecule has 0 spiro atoms. The molecular weight excluding hydrogens is 250 g/mol. The minimum atomic E-state index is 0.328. The average Bonchev–Trinajstić information content (AvgIpc) is 2.48. The van der Waals surface area contributed by atoms with Crippen LogP contribution in [0.2, 0.25) is 0 Å². The highest BCUT2D eigenvalue weighted by Gasteiger charge is 2.23. The quantitative estimate of drug-likeness (QED) is 0.833. The molecule has 4 heteroatoms. The SMILES string of the molecule is CCN(CC(=O)N1CCC(C)CC1)CC1CCCCN1. The third-order valence-electron chi connectivity index (χ3n) is 4.83. The molecule has 2 fully saturated rings. The molecule has 2 saturated heterocycles. The molecule has 0 bridgehead atoms. The van der Waals surface area contributed by atoms with Crippen LogP contribution in [0.1, 0.15) is 46.0 Å². The van der Waals surface area contributed by atoms with Crippen molar-refractivity contribution in [2.24, 2.45) is 5.92 Å². The molecule has 1 amide bonds. The zero-order valence-corrected chi connectivity index (χ0v) is 13.2. The highest BCUT2D eigenvalue weighted by atomic mass is 16.2. The number of hydrogen-bond acceptors (Lipinski definition) is 3. The highest BCUT2D eigenvalue weighted by molar-refractivity contribution is 5.78. The van der Waals surface area contributed by atoms with Gasteiger partial charge < -0.3 is 10.2 Å². The van der Waals surface area contributed by atoms with Gasteiger partial charge in [-0.05, 0) is 44.7 Å². The van der Waals surface area contributed by atoms with Crippen molar-refractivity contribution in [1.29, 1.82) is 0 Å². The number of hydrogen-bond donors (Lipinski definition) is 1. The molecule has 0 aliphatic carbocycles. The molecule has 0 aromatic rings. The predicted octanol–water partition coefficient (Wildman–Crippen LogP) is 1.71. The molecule has 2 rings (SSSR count). The number of amides is 1. The second-order valence-corrected chi connectivity index (χ2v) is 6.54. The first-order valence-corrected chi connectivity index (χ1v) is 8.42. The minimum absolute atomic E-state index is 0.328. The molecule has 116 valence electrons. The van der Waals surface area contributed by atoms with Crippen molar-refractivity contribution < 1.29 is 4.79 Å². The Morgan fingerprint density at radius 2 is 2.00 bits per heavy atom. The Bertz CT molecular complexity index is 294. The van der Waals surface area contributed by atoms with Gasteiger partial charge in [0.15, 0.2) is 0 Å². The van der Waals surface area contributed by atoms with Gasteiger partial charge in [0.1, 0.15) is 0 Å². The van der Waals surface area contributed by atoms with E-state index in [4.69, 9.17) is 0 Å². The van der Waals surface area contributed by atoms with Crippen LogP contribution in [0, 0.1) is 5.92 Å². The number of nitrogens with one attached hydrogen (secondary N) is 1. The summed E-state index contributed by atoms with van der Waals surface area (Å²) in [6.45, 7) is 10.1. The minimum Gasteiger partial charge on any atom is -0.342 e. The fourth-order valence-corrected chi connectivity index (χ4v) is 3.25. The van der Waals surface area contributed by atoms with E-state index in [0.29, 0.717) is 18.5 Å². The van der Waals surface area contributed by atoms with Gasteiger partial charge in [-0.2, -0.15) is 0 Å². The molecular formula is C16H31N3O. The summed E-state index contributed by atoms with van der Waals surface area (Å²) in [6, 6.07) is 0.581. The van der Waals surface area contributed by atoms with Crippen LogP contribution in [0.3, 0.4) is 0 Å². The van der Waals surface area contributed by atoms with Crippen molar-refractivity contribution >= 4 is 5.91 Å². The third kappa shape index (κ3) is 4.74. The molecule has 1 N–H and O–H groups in total. The molecule has 0 radical (unpaired) electrons. The molecule has 2 aliphatic heterocycles. The smallest absolute Gasteiger partial charge is 0.236 e. The monoisotopic (exact) mass is 281 g/mol. The maximum absolute atomic E-state index is 12.4. The lowest BCUT2D eigenvalue weighted by atomic mass is 9.99. The molecule has 20 heavy (non-hydrogen) atoms. The van der Waals surface area contributed by atoms with Crippen molar-refractivity contribution in [2.45, 2.75) is 52.0 Å². The van der Waals surface area contributed by atoms with E-state index in [2.05, 4.69) is 29.0 Å². The van der Waals surface area contributed by atoms with Gasteiger partial charge in [-0.3, -0.25) is 9.69 Å². The first-order chi connectivity index (χ1) is 9.69. The second kappa shape index (κ2) is 7.99. The summed E-state index contributed by atoms with van der Waals surface area (Å²) in [5, 5.41) is 3.58. The average molecular weight is 281 g/mol. The van der Waals surface area contributed by atoms with Crippen LogP contribution < -0.4 is 5.32 Å². The Labute approximate surface area is 123 Å². The van der Waals surface area contributed by atoms with E-state index < -0.39 is 0 Å². The van der Waals surface area contributed by atoms with Crippen LogP contribution in [-0.2, 0) is 4.79 Å². The van der Waals surface area contributed by atoms with Crippen LogP contribution in [0.15, 0.2) is 0 Å². The Morgan fingerprint density at radius 3 is 2.60 bits per heavy atom. The van der Waals surface area contributed by atoms with E-state index in [1.54, 1.807) is 0 Å². The largest absolute Gasteiger partial charge is 0.342 e. The Hall–Kier alpha value is -0.610. The van der Waals surface area contributed by atoms with Gasteiger partial charge in [0.2, 0.25) is 5.91 Å². The molecule has 1 unspecified atom stereocenters. The summed E-state index contributed by atoms with van der Waals surface area (Å²) >= 11 is 0. The lowest BCUT2D eigenvalue weighted by Gasteiger charge is -2.34. The van der Waals surface area contributed by atoms with E-state index in [-0.39, 0.29) is 0 Å². The topological polar surface area (TPSA) is 35.6 Å². The second-order valence-electron chi connectivity index (χ2n) is 6.54. The van der Waals surface area contributed by atoms with Gasteiger partial charge >= 0.3 is 0 Å². The summed E-state index contributed by atoms with van der Waals surface area (Å²) in [5.41, 5.74) is 0. The molecule has 2 heterocycles. The van der Waals surface area contributed by atoms with Crippen LogP contribution in [0.4, 0.5) is 0 Å². The standard InChI is InChI=1S/C16H31N3O/c1-3-18(12-15-6-4-5-9-17-15)13-16(20)19-10-7-14(2)8-11-19/h14-15,17H,3-13H2,1-2H3. The molecule has 1 atom stereocenters. The van der Waals surface area contributed by atoms with Crippen molar-refractivity contribution in [3.8, 4) is 0 Å². The molecule has 2 aliphatic rings. The number of carbonyl (C=O) groups excluding carboxylic acids is 1. The van der Waals surface area contributed by atoms with Crippen molar-refractivity contribution in [2.75, 3.05) is 39.3 Å². The lowest BCUT2D eigenvalue weighted by molar-refractivity contribution is -0.133. The lowest BCUT2D eigenvalue weighted by Crippen LogP contribution is -2.48. The van der Waals surface area contributed by atoms with E-state index in [0.717, 1.165) is 38.6 Å². The molecule has 0 saturated carbocycles. The van der Waals surface area contributed by atoms with E-state index in [1.807, 2.05) is 0 Å². The van der Waals surface area contributed by atoms with Crippen LogP contribution in [-0.4, -0.2) is 61.0 Å². The van der Waals surface area contributed by atoms with E-state index in [1.165, 1.54) is 32.1 Å². The molecule has 4 nitrogen and oxygen atoms in total. The first-order valence-electron chi connectivity index (χ1n) is 8.42. The zero-order chi connectivity index (χ0) is 14.4. The number of likely N-dealkylation sites (N-methyl/N-ethyl adjacent to an activating group) is 1. The van der Waals surface area contributed by atoms with Crippen LogP contribution in [0.5, 0.6) is 0 Å². The summed E-state index contributed by atoms with van der Waals surface area (Å²) in [5.74, 6) is 1.11. The first kappa shape index (κ1) is 15.8. The van der Waals surface area contributed by atoms with E-state index >= 15 is 0 Å². The highest BCUT2D eigenvalue weighted by Crippen LogP contribution is 2.16. The van der Waals surface area contributed by atoms with Crippen LogP contribution >= 0.6 is 0 Å². The predicted molar refractivity (Wildman–Crippen MR) is 82.7 cm³/mol. The van der Waals surface area contributed by atoms with Gasteiger partial charge in [-0.1, -0.05) is 20.3 Å². The van der Waals surface area contributed by atoms with Gasteiger partial charge in [0.25, 0.3) is 0 Å². The van der Waals surface area contributed by atoms with Gasteiger partial charge in [-0.25, -0.2) is 0 Å². The maximum Gasteiger partial charge on any atom is 0.236 e. The van der Waals surface area contributed by atoms with Crippen molar-refractivity contribution in [3.63, 3.8) is 0 Å². The summed E-state index contributed by atoms with van der Waals surface area (Å²) in [4.78, 5) is 16.8.